The van der Waals surface area contributed by atoms with E-state index in [1.165, 1.54) is 12.1 Å². The van der Waals surface area contributed by atoms with Gasteiger partial charge in [-0.3, -0.25) is 4.79 Å². The summed E-state index contributed by atoms with van der Waals surface area (Å²) in [7, 11) is 1.56. The lowest BCUT2D eigenvalue weighted by Crippen LogP contribution is -2.14. The number of fused-ring (bicyclic) bond motifs is 3. The van der Waals surface area contributed by atoms with E-state index in [1.54, 1.807) is 25.3 Å². The number of aliphatic hydroxyl groups is 1. The molecular weight excluding hydrogens is 323 g/mol. The quantitative estimate of drug-likeness (QED) is 0.536. The maximum Gasteiger partial charge on any atom is 0.254 e. The van der Waals surface area contributed by atoms with Crippen molar-refractivity contribution in [2.24, 2.45) is 0 Å². The second kappa shape index (κ2) is 5.75. The maximum absolute atomic E-state index is 13.6. The molecule has 5 nitrogen and oxygen atoms in total. The van der Waals surface area contributed by atoms with Crippen molar-refractivity contribution >= 4 is 21.9 Å². The van der Waals surface area contributed by atoms with Crippen LogP contribution < -0.4 is 10.3 Å². The Bertz CT molecular complexity index is 1160. The molecule has 0 amide bonds. The molecule has 0 bridgehead atoms. The summed E-state index contributed by atoms with van der Waals surface area (Å²) >= 11 is 0. The molecule has 0 spiro atoms. The van der Waals surface area contributed by atoms with Gasteiger partial charge in [-0.1, -0.05) is 12.1 Å². The van der Waals surface area contributed by atoms with Crippen molar-refractivity contribution in [3.63, 3.8) is 0 Å². The van der Waals surface area contributed by atoms with Gasteiger partial charge in [0.05, 0.1) is 30.3 Å². The molecule has 0 aliphatic heterocycles. The number of benzene rings is 2. The van der Waals surface area contributed by atoms with Crippen LogP contribution in [0.3, 0.4) is 0 Å². The van der Waals surface area contributed by atoms with Crippen LogP contribution in [-0.2, 0) is 6.61 Å². The highest BCUT2D eigenvalue weighted by Crippen LogP contribution is 2.34. The topological polar surface area (TPSA) is 78.1 Å². The smallest absolute Gasteiger partial charge is 0.254 e. The Morgan fingerprint density at radius 1 is 1.12 bits per heavy atom. The number of rotatable bonds is 3. The SMILES string of the molecule is COc1cccc(-c2c(CO)c(=O)[nH]c3c2[nH]c2ccc(F)cc23)c1. The van der Waals surface area contributed by atoms with Gasteiger partial charge in [-0.05, 0) is 35.9 Å². The van der Waals surface area contributed by atoms with Gasteiger partial charge < -0.3 is 19.8 Å². The fourth-order valence-electron chi connectivity index (χ4n) is 3.18. The highest BCUT2D eigenvalue weighted by atomic mass is 19.1. The molecule has 2 heterocycles. The van der Waals surface area contributed by atoms with Crippen LogP contribution in [0, 0.1) is 5.82 Å². The van der Waals surface area contributed by atoms with Crippen LogP contribution in [-0.4, -0.2) is 22.2 Å². The minimum Gasteiger partial charge on any atom is -0.497 e. The zero-order chi connectivity index (χ0) is 17.6. The molecular formula is C19H15FN2O3. The lowest BCUT2D eigenvalue weighted by molar-refractivity contribution is 0.281. The second-order valence-electron chi connectivity index (χ2n) is 5.76. The molecule has 0 aliphatic rings. The largest absolute Gasteiger partial charge is 0.497 e. The first-order valence-corrected chi connectivity index (χ1v) is 7.73. The number of aliphatic hydroxyl groups excluding tert-OH is 1. The van der Waals surface area contributed by atoms with Gasteiger partial charge in [-0.15, -0.1) is 0 Å². The molecule has 2 aromatic heterocycles. The van der Waals surface area contributed by atoms with Gasteiger partial charge in [0.25, 0.3) is 5.56 Å². The predicted octanol–water partition coefficient (Wildman–Crippen LogP) is 3.32. The molecule has 4 aromatic rings. The Balaban J connectivity index is 2.17. The van der Waals surface area contributed by atoms with Crippen molar-refractivity contribution in [2.45, 2.75) is 6.61 Å². The summed E-state index contributed by atoms with van der Waals surface area (Å²) in [6.07, 6.45) is 0. The number of aromatic amines is 2. The van der Waals surface area contributed by atoms with Gasteiger partial charge in [-0.25, -0.2) is 4.39 Å². The van der Waals surface area contributed by atoms with Crippen molar-refractivity contribution in [3.05, 3.63) is 64.2 Å². The number of H-pyrrole nitrogens is 2. The van der Waals surface area contributed by atoms with Crippen LogP contribution in [0.4, 0.5) is 4.39 Å². The van der Waals surface area contributed by atoms with Crippen LogP contribution in [0.2, 0.25) is 0 Å². The van der Waals surface area contributed by atoms with E-state index < -0.39 is 12.2 Å². The third-order valence-electron chi connectivity index (χ3n) is 4.34. The number of nitrogens with one attached hydrogen (secondary N) is 2. The first-order chi connectivity index (χ1) is 12.1. The third kappa shape index (κ3) is 2.38. The first kappa shape index (κ1) is 15.4. The summed E-state index contributed by atoms with van der Waals surface area (Å²) in [5, 5.41) is 10.3. The summed E-state index contributed by atoms with van der Waals surface area (Å²) in [6.45, 7) is -0.415. The van der Waals surface area contributed by atoms with Gasteiger partial charge in [0.15, 0.2) is 0 Å². The Labute approximate surface area is 141 Å². The Morgan fingerprint density at radius 2 is 1.96 bits per heavy atom. The monoisotopic (exact) mass is 338 g/mol. The lowest BCUT2D eigenvalue weighted by atomic mass is 9.99. The van der Waals surface area contributed by atoms with Crippen molar-refractivity contribution in [1.82, 2.24) is 9.97 Å². The number of hydrogen-bond donors (Lipinski definition) is 3. The maximum atomic E-state index is 13.6. The zero-order valence-electron chi connectivity index (χ0n) is 13.4. The molecule has 0 saturated heterocycles. The van der Waals surface area contributed by atoms with Crippen LogP contribution >= 0.6 is 0 Å². The van der Waals surface area contributed by atoms with Crippen LogP contribution in [0.15, 0.2) is 47.3 Å². The van der Waals surface area contributed by atoms with Gasteiger partial charge in [0.2, 0.25) is 0 Å². The van der Waals surface area contributed by atoms with Gasteiger partial charge in [0, 0.05) is 16.5 Å². The number of pyridine rings is 1. The molecule has 2 aromatic carbocycles. The standard InChI is InChI=1S/C19H15FN2O3/c1-25-12-4-2-3-10(7-12)16-14(9-23)19(24)22-17-13-8-11(20)5-6-15(13)21-18(16)17/h2-8,21,23H,9H2,1H3,(H,22,24). The molecule has 0 atom stereocenters. The average molecular weight is 338 g/mol. The van der Waals surface area contributed by atoms with Crippen LogP contribution in [0.1, 0.15) is 5.56 Å². The van der Waals surface area contributed by atoms with Crippen molar-refractivity contribution in [3.8, 4) is 16.9 Å². The Hall–Kier alpha value is -3.12. The normalized spacial score (nSPS) is 11.3. The molecule has 0 unspecified atom stereocenters. The second-order valence-corrected chi connectivity index (χ2v) is 5.76. The van der Waals surface area contributed by atoms with E-state index in [-0.39, 0.29) is 11.4 Å². The molecule has 3 N–H and O–H groups in total. The fraction of sp³-hybridized carbons (Fsp3) is 0.105. The molecule has 0 fully saturated rings. The van der Waals surface area contributed by atoms with E-state index >= 15 is 0 Å². The average Bonchev–Trinajstić information content (AvgIpc) is 2.98. The zero-order valence-corrected chi connectivity index (χ0v) is 13.4. The molecule has 0 aliphatic carbocycles. The lowest BCUT2D eigenvalue weighted by Gasteiger charge is -2.10. The molecule has 25 heavy (non-hydrogen) atoms. The van der Waals surface area contributed by atoms with Crippen molar-refractivity contribution in [2.75, 3.05) is 7.11 Å². The number of aromatic nitrogens is 2. The Kier molecular flexibility index (Phi) is 3.54. The summed E-state index contributed by atoms with van der Waals surface area (Å²) in [5.41, 5.74) is 2.99. The number of halogens is 1. The number of ether oxygens (including phenoxy) is 1. The molecule has 126 valence electrons. The molecule has 6 heteroatoms. The minimum absolute atomic E-state index is 0.243. The minimum atomic E-state index is -0.415. The van der Waals surface area contributed by atoms with Crippen LogP contribution in [0.5, 0.6) is 5.75 Å². The van der Waals surface area contributed by atoms with Crippen LogP contribution in [0.25, 0.3) is 33.1 Å². The van der Waals surface area contributed by atoms with E-state index in [0.29, 0.717) is 33.2 Å². The summed E-state index contributed by atoms with van der Waals surface area (Å²) < 4.78 is 18.9. The molecule has 4 rings (SSSR count). The summed E-state index contributed by atoms with van der Waals surface area (Å²) in [6, 6.07) is 11.6. The van der Waals surface area contributed by atoms with E-state index in [4.69, 9.17) is 4.74 Å². The van der Waals surface area contributed by atoms with E-state index in [0.717, 1.165) is 5.56 Å². The van der Waals surface area contributed by atoms with Crippen molar-refractivity contribution < 1.29 is 14.2 Å². The summed E-state index contributed by atoms with van der Waals surface area (Å²) in [5.74, 6) is 0.250. The highest BCUT2D eigenvalue weighted by molar-refractivity contribution is 6.10. The Morgan fingerprint density at radius 3 is 2.72 bits per heavy atom. The van der Waals surface area contributed by atoms with E-state index in [9.17, 15) is 14.3 Å². The highest BCUT2D eigenvalue weighted by Gasteiger charge is 2.18. The fourth-order valence-corrected chi connectivity index (χ4v) is 3.18. The predicted molar refractivity (Wildman–Crippen MR) is 94.3 cm³/mol. The number of methoxy groups -OCH3 is 1. The van der Waals surface area contributed by atoms with E-state index in [1.807, 2.05) is 12.1 Å². The van der Waals surface area contributed by atoms with Gasteiger partial charge in [-0.2, -0.15) is 0 Å². The summed E-state index contributed by atoms with van der Waals surface area (Å²) in [4.78, 5) is 18.5. The first-order valence-electron chi connectivity index (χ1n) is 7.73. The molecule has 0 saturated carbocycles. The van der Waals surface area contributed by atoms with Crippen molar-refractivity contribution in [1.29, 1.82) is 0 Å². The third-order valence-corrected chi connectivity index (χ3v) is 4.34. The molecule has 0 radical (unpaired) electrons. The van der Waals surface area contributed by atoms with E-state index in [2.05, 4.69) is 9.97 Å². The number of hydrogen-bond acceptors (Lipinski definition) is 3. The van der Waals surface area contributed by atoms with Gasteiger partial charge in [0.1, 0.15) is 11.6 Å². The van der Waals surface area contributed by atoms with Gasteiger partial charge >= 0.3 is 0 Å².